The summed E-state index contributed by atoms with van der Waals surface area (Å²) in [5.74, 6) is 0.0963. The van der Waals surface area contributed by atoms with Crippen LogP contribution in [0.1, 0.15) is 46.5 Å². The molecule has 1 heterocycles. The van der Waals surface area contributed by atoms with Gasteiger partial charge in [0.05, 0.1) is 0 Å². The van der Waals surface area contributed by atoms with Gasteiger partial charge >= 0.3 is 0 Å². The molecule has 28 heavy (non-hydrogen) atoms. The predicted molar refractivity (Wildman–Crippen MR) is 115 cm³/mol. The highest BCUT2D eigenvalue weighted by Crippen LogP contribution is 2.23. The number of amides is 2. The predicted octanol–water partition coefficient (Wildman–Crippen LogP) is 4.48. The standard InChI is InChI=1S/C23H28N2O2S/c1-17(2)28-21-10-8-19(9-11-21)22(26)24-12-5-13-25(15-14-24)23(27)20-7-4-6-18(3)16-20/h4,6-11,16-17H,5,12-15H2,1-3H3. The Labute approximate surface area is 171 Å². The third kappa shape index (κ3) is 5.16. The summed E-state index contributed by atoms with van der Waals surface area (Å²) in [6.07, 6.45) is 0.796. The minimum Gasteiger partial charge on any atom is -0.337 e. The average Bonchev–Trinajstić information content (AvgIpc) is 2.93. The van der Waals surface area contributed by atoms with E-state index >= 15 is 0 Å². The van der Waals surface area contributed by atoms with Gasteiger partial charge in [0.25, 0.3) is 11.8 Å². The van der Waals surface area contributed by atoms with Crippen molar-refractivity contribution in [1.82, 2.24) is 9.80 Å². The van der Waals surface area contributed by atoms with Gasteiger partial charge in [0.1, 0.15) is 0 Å². The van der Waals surface area contributed by atoms with Crippen LogP contribution < -0.4 is 0 Å². The van der Waals surface area contributed by atoms with Crippen molar-refractivity contribution in [2.45, 2.75) is 37.3 Å². The number of carbonyl (C=O) groups excluding carboxylic acids is 2. The SMILES string of the molecule is Cc1cccc(C(=O)N2CCCN(C(=O)c3ccc(SC(C)C)cc3)CC2)c1. The van der Waals surface area contributed by atoms with E-state index in [1.807, 2.05) is 65.3 Å². The van der Waals surface area contributed by atoms with E-state index in [-0.39, 0.29) is 11.8 Å². The Morgan fingerprint density at radius 3 is 2.04 bits per heavy atom. The number of thioether (sulfide) groups is 1. The molecule has 1 aliphatic rings. The monoisotopic (exact) mass is 396 g/mol. The van der Waals surface area contributed by atoms with Crippen LogP contribution in [0.15, 0.2) is 53.4 Å². The summed E-state index contributed by atoms with van der Waals surface area (Å²) >= 11 is 1.79. The van der Waals surface area contributed by atoms with E-state index in [1.54, 1.807) is 11.8 Å². The van der Waals surface area contributed by atoms with Gasteiger partial charge < -0.3 is 9.80 Å². The molecule has 0 N–H and O–H groups in total. The van der Waals surface area contributed by atoms with Gasteiger partial charge in [-0.15, -0.1) is 11.8 Å². The van der Waals surface area contributed by atoms with Crippen LogP contribution in [0.25, 0.3) is 0 Å². The molecule has 0 saturated carbocycles. The summed E-state index contributed by atoms with van der Waals surface area (Å²) in [7, 11) is 0. The van der Waals surface area contributed by atoms with Gasteiger partial charge in [-0.25, -0.2) is 0 Å². The molecule has 0 aromatic heterocycles. The maximum Gasteiger partial charge on any atom is 0.253 e. The Morgan fingerprint density at radius 2 is 1.46 bits per heavy atom. The zero-order valence-corrected chi connectivity index (χ0v) is 17.7. The summed E-state index contributed by atoms with van der Waals surface area (Å²) < 4.78 is 0. The van der Waals surface area contributed by atoms with E-state index in [9.17, 15) is 9.59 Å². The molecule has 5 heteroatoms. The third-order valence-electron chi connectivity index (χ3n) is 4.81. The number of hydrogen-bond donors (Lipinski definition) is 0. The van der Waals surface area contributed by atoms with E-state index in [0.29, 0.717) is 37.0 Å². The Balaban J connectivity index is 1.63. The number of rotatable bonds is 4. The number of carbonyl (C=O) groups is 2. The molecule has 0 radical (unpaired) electrons. The Bertz CT molecular complexity index is 833. The Hall–Kier alpha value is -2.27. The second-order valence-electron chi connectivity index (χ2n) is 7.50. The molecule has 0 atom stereocenters. The molecule has 2 amide bonds. The summed E-state index contributed by atoms with van der Waals surface area (Å²) in [6, 6.07) is 15.5. The summed E-state index contributed by atoms with van der Waals surface area (Å²) in [6.45, 7) is 8.80. The van der Waals surface area contributed by atoms with Crippen molar-refractivity contribution in [2.24, 2.45) is 0 Å². The van der Waals surface area contributed by atoms with Gasteiger partial charge in [-0.2, -0.15) is 0 Å². The lowest BCUT2D eigenvalue weighted by Gasteiger charge is -2.22. The highest BCUT2D eigenvalue weighted by Gasteiger charge is 2.23. The van der Waals surface area contributed by atoms with E-state index in [0.717, 1.165) is 17.5 Å². The molecule has 1 saturated heterocycles. The topological polar surface area (TPSA) is 40.6 Å². The van der Waals surface area contributed by atoms with Gasteiger partial charge in [0.2, 0.25) is 0 Å². The fourth-order valence-electron chi connectivity index (χ4n) is 3.42. The van der Waals surface area contributed by atoms with Crippen LogP contribution in [-0.4, -0.2) is 53.0 Å². The van der Waals surface area contributed by atoms with Gasteiger partial charge in [-0.1, -0.05) is 31.5 Å². The third-order valence-corrected chi connectivity index (χ3v) is 5.82. The van der Waals surface area contributed by atoms with Crippen molar-refractivity contribution in [3.8, 4) is 0 Å². The van der Waals surface area contributed by atoms with Crippen LogP contribution in [0.2, 0.25) is 0 Å². The smallest absolute Gasteiger partial charge is 0.253 e. The van der Waals surface area contributed by atoms with E-state index < -0.39 is 0 Å². The number of nitrogens with zero attached hydrogens (tertiary/aromatic N) is 2. The fraction of sp³-hybridized carbons (Fsp3) is 0.391. The zero-order chi connectivity index (χ0) is 20.1. The highest BCUT2D eigenvalue weighted by molar-refractivity contribution is 7.99. The Kier molecular flexibility index (Phi) is 6.79. The first-order valence-corrected chi connectivity index (χ1v) is 10.7. The first-order chi connectivity index (χ1) is 13.4. The molecule has 0 unspecified atom stereocenters. The minimum absolute atomic E-state index is 0.0472. The second-order valence-corrected chi connectivity index (χ2v) is 9.15. The first-order valence-electron chi connectivity index (χ1n) is 9.86. The molecule has 1 aliphatic heterocycles. The van der Waals surface area contributed by atoms with Crippen molar-refractivity contribution < 1.29 is 9.59 Å². The minimum atomic E-state index is 0.0472. The number of aryl methyl sites for hydroxylation is 1. The largest absolute Gasteiger partial charge is 0.337 e. The van der Waals surface area contributed by atoms with Crippen molar-refractivity contribution in [3.05, 3.63) is 65.2 Å². The van der Waals surface area contributed by atoms with Gasteiger partial charge in [-0.05, 0) is 49.7 Å². The van der Waals surface area contributed by atoms with Gasteiger partial charge in [-0.3, -0.25) is 9.59 Å². The lowest BCUT2D eigenvalue weighted by molar-refractivity contribution is 0.0718. The summed E-state index contributed by atoms with van der Waals surface area (Å²) in [4.78, 5) is 30.6. The van der Waals surface area contributed by atoms with Crippen LogP contribution in [-0.2, 0) is 0 Å². The maximum absolute atomic E-state index is 12.9. The highest BCUT2D eigenvalue weighted by atomic mass is 32.2. The molecule has 4 nitrogen and oxygen atoms in total. The summed E-state index contributed by atoms with van der Waals surface area (Å²) in [5.41, 5.74) is 2.51. The molecule has 3 rings (SSSR count). The van der Waals surface area contributed by atoms with Crippen LogP contribution in [0.4, 0.5) is 0 Å². The van der Waals surface area contributed by atoms with Crippen molar-refractivity contribution in [1.29, 1.82) is 0 Å². The van der Waals surface area contributed by atoms with Crippen LogP contribution in [0, 0.1) is 6.92 Å². The lowest BCUT2D eigenvalue weighted by atomic mass is 10.1. The van der Waals surface area contributed by atoms with Crippen molar-refractivity contribution in [3.63, 3.8) is 0 Å². The number of benzene rings is 2. The molecular formula is C23H28N2O2S. The normalized spacial score (nSPS) is 14.9. The van der Waals surface area contributed by atoms with E-state index in [4.69, 9.17) is 0 Å². The van der Waals surface area contributed by atoms with Crippen LogP contribution in [0.5, 0.6) is 0 Å². The second kappa shape index (κ2) is 9.28. The molecule has 1 fully saturated rings. The van der Waals surface area contributed by atoms with E-state index in [2.05, 4.69) is 13.8 Å². The van der Waals surface area contributed by atoms with Crippen molar-refractivity contribution in [2.75, 3.05) is 26.2 Å². The van der Waals surface area contributed by atoms with Gasteiger partial charge in [0, 0.05) is 47.5 Å². The molecule has 2 aromatic carbocycles. The molecule has 2 aromatic rings. The van der Waals surface area contributed by atoms with Gasteiger partial charge in [0.15, 0.2) is 0 Å². The van der Waals surface area contributed by atoms with E-state index in [1.165, 1.54) is 4.90 Å². The molecule has 0 bridgehead atoms. The quantitative estimate of drug-likeness (QED) is 0.715. The summed E-state index contributed by atoms with van der Waals surface area (Å²) in [5, 5.41) is 0.518. The van der Waals surface area contributed by atoms with Crippen molar-refractivity contribution >= 4 is 23.6 Å². The van der Waals surface area contributed by atoms with Crippen LogP contribution in [0.3, 0.4) is 0 Å². The fourth-order valence-corrected chi connectivity index (χ4v) is 4.25. The van der Waals surface area contributed by atoms with Crippen LogP contribution >= 0.6 is 11.8 Å². The molecule has 148 valence electrons. The number of hydrogen-bond acceptors (Lipinski definition) is 3. The molecular weight excluding hydrogens is 368 g/mol. The molecule has 0 aliphatic carbocycles. The molecule has 0 spiro atoms. The lowest BCUT2D eigenvalue weighted by Crippen LogP contribution is -2.37. The zero-order valence-electron chi connectivity index (χ0n) is 16.9. The average molecular weight is 397 g/mol. The first kappa shape index (κ1) is 20.5. The Morgan fingerprint density at radius 1 is 0.857 bits per heavy atom. The maximum atomic E-state index is 12.9.